The summed E-state index contributed by atoms with van der Waals surface area (Å²) in [6.45, 7) is 1.68. The van der Waals surface area contributed by atoms with Gasteiger partial charge in [0, 0.05) is 39.4 Å². The van der Waals surface area contributed by atoms with Crippen LogP contribution in [0.2, 0.25) is 0 Å². The molecule has 4 N–H and O–H groups in total. The summed E-state index contributed by atoms with van der Waals surface area (Å²) in [6, 6.07) is 0. The summed E-state index contributed by atoms with van der Waals surface area (Å²) in [5.74, 6) is -1.80. The third-order valence-electron chi connectivity index (χ3n) is 8.20. The van der Waals surface area contributed by atoms with Crippen LogP contribution in [0.5, 0.6) is 0 Å². The molecule has 0 aliphatic rings. The Morgan fingerprint density at radius 1 is 0.507 bits per heavy atom. The molecule has 0 aliphatic heterocycles. The molecule has 71 heavy (non-hydrogen) atoms. The van der Waals surface area contributed by atoms with E-state index in [0.717, 1.165) is 19.3 Å². The molecular formula is C37H71F15N2Na2O10S5. The molecule has 34 heteroatoms. The van der Waals surface area contributed by atoms with Gasteiger partial charge in [-0.3, -0.25) is 18.7 Å². The Kier molecular flexibility index (Phi) is 37.4. The maximum Gasteiger partial charge on any atom is 1.00 e. The summed E-state index contributed by atoms with van der Waals surface area (Å²) in [4.78, 5) is 33.6. The average Bonchev–Trinajstić information content (AvgIpc) is 3.11. The van der Waals surface area contributed by atoms with Gasteiger partial charge in [-0.05, 0) is 71.8 Å². The molecule has 0 aromatic rings. The maximum absolute atomic E-state index is 12.0. The fraction of sp³-hybridized carbons (Fsp3) is 0.757. The molecule has 0 unspecified atom stereocenters. The van der Waals surface area contributed by atoms with Crippen LogP contribution in [-0.4, -0.2) is 92.3 Å². The number of nitrogens with zero attached hydrogens (tertiary/aromatic N) is 1. The molecule has 1 amide bonds. The second kappa shape index (κ2) is 32.4. The van der Waals surface area contributed by atoms with E-state index in [4.69, 9.17) is 14.2 Å². The van der Waals surface area contributed by atoms with Crippen molar-refractivity contribution in [1.82, 2.24) is 10.2 Å². The van der Waals surface area contributed by atoms with E-state index in [0.29, 0.717) is 108 Å². The first-order chi connectivity index (χ1) is 30.3. The van der Waals surface area contributed by atoms with Gasteiger partial charge >= 0.3 is 95.8 Å². The molecule has 0 aliphatic carbocycles. The molecule has 0 radical (unpaired) electrons. The number of Topliss-reactive ketones (excluding diaryl/α,β-unsaturated/α-hetero) is 1. The van der Waals surface area contributed by atoms with Gasteiger partial charge in [-0.25, -0.2) is 0 Å². The first-order valence-electron chi connectivity index (χ1n) is 21.1. The molecule has 0 spiro atoms. The summed E-state index contributed by atoms with van der Waals surface area (Å²) < 4.78 is 236. The number of aliphatic carboxylic acids is 1. The van der Waals surface area contributed by atoms with Gasteiger partial charge in [0.25, 0.3) is 20.2 Å². The molecule has 0 fully saturated rings. The molecule has 0 atom stereocenters. The van der Waals surface area contributed by atoms with Crippen LogP contribution >= 0.6 is 30.7 Å². The Morgan fingerprint density at radius 3 is 1.04 bits per heavy atom. The number of rotatable bonds is 33. The Hall–Kier alpha value is -0.390. The van der Waals surface area contributed by atoms with Gasteiger partial charge in [0.15, 0.2) is 0 Å². The summed E-state index contributed by atoms with van der Waals surface area (Å²) in [5, 5.41) is 8.19. The van der Waals surface area contributed by atoms with Crippen LogP contribution in [0.3, 0.4) is 0 Å². The molecule has 426 valence electrons. The summed E-state index contributed by atoms with van der Waals surface area (Å²) in [5.41, 5.74) is 0. The number of ketones is 1. The number of carbonyl (C=O) groups excluding carboxylic acids is 2. The molecule has 12 nitrogen and oxygen atoms in total. The minimum absolute atomic E-state index is 0. The van der Waals surface area contributed by atoms with Gasteiger partial charge in [0.1, 0.15) is 5.78 Å². The van der Waals surface area contributed by atoms with Crippen molar-refractivity contribution in [2.75, 3.05) is 38.7 Å². The maximum atomic E-state index is 12.0. The second-order valence-corrected chi connectivity index (χ2v) is 25.8. The first kappa shape index (κ1) is 82.0. The van der Waals surface area contributed by atoms with Crippen LogP contribution in [0, 0.1) is 0 Å². The average molecular weight is 1200 g/mol. The largest absolute Gasteiger partial charge is 1.00 e. The van der Waals surface area contributed by atoms with Gasteiger partial charge in [0.05, 0.1) is 27.7 Å². The number of allylic oxidation sites excluding steroid dienone is 3. The minimum Gasteiger partial charge on any atom is -1.00 e. The zero-order chi connectivity index (χ0) is 55.2. The van der Waals surface area contributed by atoms with E-state index < -0.39 is 78.9 Å². The Labute approximate surface area is 455 Å². The van der Waals surface area contributed by atoms with Crippen molar-refractivity contribution < 1.29 is 166 Å². The van der Waals surface area contributed by atoms with Gasteiger partial charge in [-0.1, -0.05) is 134 Å². The van der Waals surface area contributed by atoms with Crippen molar-refractivity contribution in [1.29, 1.82) is 0 Å². The number of carboxylic acids is 1. The molecule has 0 bridgehead atoms. The molecule has 0 heterocycles. The number of unbranched alkanes of at least 4 members (excludes halogenated alkanes) is 15. The number of halogens is 15. The third kappa shape index (κ3) is 89.5. The summed E-state index contributed by atoms with van der Waals surface area (Å²) >= 11 is 0. The van der Waals surface area contributed by atoms with Crippen LogP contribution in [0.25, 0.3) is 0 Å². The van der Waals surface area contributed by atoms with E-state index in [-0.39, 0.29) is 118 Å². The van der Waals surface area contributed by atoms with Gasteiger partial charge in [-0.2, -0.15) is 16.8 Å². The number of hydrogen-bond donors (Lipinski definition) is 4. The van der Waals surface area contributed by atoms with Crippen molar-refractivity contribution in [2.24, 2.45) is 0 Å². The standard InChI is InChI=1S/C13H24F5NO4S2.C11H19F5OS.C10H17F5O2S.C3H9NO3S.2Na.2H/c1-19(10-11-24(21,22)23)13(20)9-7-5-3-2-4-6-8-12-25(14,15,16,17)18;1-11(17)9-7-5-3-2-4-6-8-10-18(12,13,14,15)16;11-18(12,13,14,15)9-7-5-3-1-2-4-6-8-10(16)17;1-4-2-3-8(5,6)7;;;;/h8,12H,2-7,9-11H2,1H3,(H,21,22,23);8,10H,2-7,9H2,1H3;7,9H,1-6,8H2,(H,16,17);4H,2-3H2,1H3,(H,5,6,7);;;;/q;;;;2*+1;2*-1/b12-8+;10-8+;9-7+;;;;;. The summed E-state index contributed by atoms with van der Waals surface area (Å²) in [6.07, 6.45) is 11.2. The second-order valence-electron chi connectivity index (χ2n) is 15.7. The fourth-order valence-corrected chi connectivity index (χ4v) is 7.32. The Morgan fingerprint density at radius 2 is 0.789 bits per heavy atom. The fourth-order valence-electron chi connectivity index (χ4n) is 4.85. The van der Waals surface area contributed by atoms with Crippen molar-refractivity contribution in [3.05, 3.63) is 34.5 Å². The minimum atomic E-state index is -9.45. The predicted octanol–water partition coefficient (Wildman–Crippen LogP) is 9.93. The van der Waals surface area contributed by atoms with E-state index >= 15 is 0 Å². The van der Waals surface area contributed by atoms with E-state index in [9.17, 15) is 89.5 Å². The van der Waals surface area contributed by atoms with Crippen LogP contribution in [0.1, 0.15) is 145 Å². The summed E-state index contributed by atoms with van der Waals surface area (Å²) in [7, 11) is -33.0. The molecule has 0 aromatic carbocycles. The van der Waals surface area contributed by atoms with E-state index in [2.05, 4.69) is 5.32 Å². The van der Waals surface area contributed by atoms with Crippen molar-refractivity contribution in [3.63, 3.8) is 0 Å². The molecular weight excluding hydrogens is 1120 g/mol. The monoisotopic (exact) mass is 1190 g/mol. The van der Waals surface area contributed by atoms with E-state index in [1.54, 1.807) is 7.05 Å². The van der Waals surface area contributed by atoms with E-state index in [1.807, 2.05) is 0 Å². The van der Waals surface area contributed by atoms with Gasteiger partial charge in [0.2, 0.25) is 5.91 Å². The van der Waals surface area contributed by atoms with Crippen molar-refractivity contribution in [3.8, 4) is 0 Å². The van der Waals surface area contributed by atoms with Crippen LogP contribution in [0.4, 0.5) is 58.3 Å². The number of carboxylic acid groups (broad SMARTS) is 1. The quantitative estimate of drug-likeness (QED) is 0.0211. The van der Waals surface area contributed by atoms with Gasteiger partial charge in [-0.15, -0.1) is 0 Å². The Balaban J connectivity index is -0.000000133. The number of nitrogens with one attached hydrogen (secondary N) is 1. The zero-order valence-corrected chi connectivity index (χ0v) is 48.6. The number of hydrogen-bond acceptors (Lipinski definition) is 8. The van der Waals surface area contributed by atoms with Gasteiger partial charge < -0.3 is 23.0 Å². The number of amides is 1. The number of carbonyl (C=O) groups is 3. The van der Waals surface area contributed by atoms with Crippen LogP contribution in [0.15, 0.2) is 34.5 Å². The van der Waals surface area contributed by atoms with Crippen molar-refractivity contribution >= 4 is 68.6 Å². The first-order valence-corrected chi connectivity index (χ1v) is 30.4. The third-order valence-corrected chi connectivity index (χ3v) is 11.7. The van der Waals surface area contributed by atoms with E-state index in [1.165, 1.54) is 18.9 Å². The van der Waals surface area contributed by atoms with Crippen LogP contribution in [-0.2, 0) is 34.6 Å². The normalized spacial score (nSPS) is 15.3. The Bertz CT molecular complexity index is 1820. The SMILES string of the molecule is CC(=O)CCCCCCC/C=C/S(F)(F)(F)(F)F.CN(CCS(=O)(=O)O)C(=O)CCCCCCC/C=C/S(F)(F)(F)(F)F.CNCCS(=O)(=O)O.O=C(O)CCCCCCC/C=C/S(F)(F)(F)(F)F.[H-].[H-].[Na+].[Na+]. The molecule has 0 aromatic heterocycles. The molecule has 0 saturated heterocycles. The topological polar surface area (TPSA) is 195 Å². The predicted molar refractivity (Wildman–Crippen MR) is 249 cm³/mol. The van der Waals surface area contributed by atoms with Crippen molar-refractivity contribution in [2.45, 2.75) is 142 Å². The zero-order valence-electron chi connectivity index (χ0n) is 42.5. The molecule has 0 saturated carbocycles. The van der Waals surface area contributed by atoms with Crippen LogP contribution < -0.4 is 64.4 Å². The molecule has 0 rings (SSSR count). The smallest absolute Gasteiger partial charge is 1.00 e.